The second-order valence-corrected chi connectivity index (χ2v) is 7.47. The van der Waals surface area contributed by atoms with E-state index in [4.69, 9.17) is 4.74 Å². The van der Waals surface area contributed by atoms with Crippen molar-refractivity contribution in [1.29, 1.82) is 0 Å². The highest BCUT2D eigenvalue weighted by Crippen LogP contribution is 2.59. The molecule has 0 amide bonds. The van der Waals surface area contributed by atoms with Gasteiger partial charge in [-0.25, -0.2) is 0 Å². The van der Waals surface area contributed by atoms with Crippen LogP contribution in [-0.4, -0.2) is 47.6 Å². The molecule has 4 heteroatoms. The number of likely N-dealkylation sites (tertiary alicyclic amines) is 1. The quantitative estimate of drug-likeness (QED) is 0.865. The van der Waals surface area contributed by atoms with Crippen LogP contribution in [0.25, 0.3) is 0 Å². The number of nitrogens with zero attached hydrogens (tertiary/aromatic N) is 1. The third-order valence-corrected chi connectivity index (χ3v) is 6.52. The van der Waals surface area contributed by atoms with Crippen molar-refractivity contribution in [2.75, 3.05) is 20.2 Å². The van der Waals surface area contributed by atoms with E-state index in [1.165, 1.54) is 5.56 Å². The third-order valence-electron chi connectivity index (χ3n) is 6.52. The highest BCUT2D eigenvalue weighted by Gasteiger charge is 2.65. The van der Waals surface area contributed by atoms with Crippen LogP contribution in [0.5, 0.6) is 5.75 Å². The van der Waals surface area contributed by atoms with Crippen molar-refractivity contribution in [3.8, 4) is 5.75 Å². The van der Waals surface area contributed by atoms with Gasteiger partial charge in [-0.2, -0.15) is 0 Å². The predicted octanol–water partition coefficient (Wildman–Crippen LogP) is 2.23. The number of fused-ring (bicyclic) bond motifs is 1. The topological polar surface area (TPSA) is 49.8 Å². The van der Waals surface area contributed by atoms with E-state index >= 15 is 0 Å². The van der Waals surface area contributed by atoms with Gasteiger partial charge in [-0.05, 0) is 37.4 Å². The van der Waals surface area contributed by atoms with Gasteiger partial charge in [-0.3, -0.25) is 9.69 Å². The lowest BCUT2D eigenvalue weighted by Crippen LogP contribution is -2.73. The highest BCUT2D eigenvalue weighted by molar-refractivity contribution is 5.83. The number of rotatable bonds is 3. The van der Waals surface area contributed by atoms with E-state index in [0.29, 0.717) is 19.3 Å². The molecule has 0 aromatic heterocycles. The first-order chi connectivity index (χ1) is 11.6. The van der Waals surface area contributed by atoms with Crippen LogP contribution in [0.2, 0.25) is 0 Å². The van der Waals surface area contributed by atoms with Crippen LogP contribution in [0.4, 0.5) is 0 Å². The number of ketones is 1. The van der Waals surface area contributed by atoms with Crippen LogP contribution in [0.1, 0.15) is 36.8 Å². The monoisotopic (exact) mass is 327 g/mol. The maximum absolute atomic E-state index is 12.4. The molecule has 3 aliphatic rings. The van der Waals surface area contributed by atoms with Crippen molar-refractivity contribution in [3.63, 3.8) is 0 Å². The molecule has 2 bridgehead atoms. The first-order valence-electron chi connectivity index (χ1n) is 8.81. The van der Waals surface area contributed by atoms with Gasteiger partial charge in [-0.15, -0.1) is 6.58 Å². The van der Waals surface area contributed by atoms with Gasteiger partial charge in [-0.1, -0.05) is 18.2 Å². The van der Waals surface area contributed by atoms with Crippen molar-refractivity contribution in [2.45, 2.75) is 49.2 Å². The van der Waals surface area contributed by atoms with Crippen LogP contribution in [0, 0.1) is 0 Å². The van der Waals surface area contributed by atoms with Gasteiger partial charge in [0.15, 0.2) is 0 Å². The second-order valence-electron chi connectivity index (χ2n) is 7.47. The summed E-state index contributed by atoms with van der Waals surface area (Å²) in [7, 11) is 1.68. The molecule has 0 radical (unpaired) electrons. The number of ether oxygens (including phenoxy) is 1. The van der Waals surface area contributed by atoms with Gasteiger partial charge >= 0.3 is 0 Å². The summed E-state index contributed by atoms with van der Waals surface area (Å²) in [5.74, 6) is 1.07. The zero-order valence-corrected chi connectivity index (χ0v) is 14.3. The van der Waals surface area contributed by atoms with E-state index in [9.17, 15) is 9.90 Å². The first kappa shape index (κ1) is 15.9. The van der Waals surface area contributed by atoms with E-state index in [1.54, 1.807) is 7.11 Å². The minimum atomic E-state index is -0.871. The Morgan fingerprint density at radius 1 is 1.46 bits per heavy atom. The number of Topliss-reactive ketones (excluding diaryl/α,β-unsaturated/α-hetero) is 1. The lowest BCUT2D eigenvalue weighted by molar-refractivity contribution is -0.171. The number of aliphatic hydroxyl groups is 1. The Balaban J connectivity index is 1.94. The summed E-state index contributed by atoms with van der Waals surface area (Å²) in [6.45, 7) is 5.52. The maximum Gasteiger partial charge on any atom is 0.134 e. The van der Waals surface area contributed by atoms with Gasteiger partial charge in [0.1, 0.15) is 11.5 Å². The molecule has 1 N–H and O–H groups in total. The van der Waals surface area contributed by atoms with E-state index in [0.717, 1.165) is 37.2 Å². The maximum atomic E-state index is 12.4. The summed E-state index contributed by atoms with van der Waals surface area (Å²) in [6.07, 6.45) is 4.93. The zero-order valence-electron chi connectivity index (χ0n) is 14.3. The summed E-state index contributed by atoms with van der Waals surface area (Å²) in [6, 6.07) is 6.14. The average Bonchev–Trinajstić information content (AvgIpc) is 2.57. The van der Waals surface area contributed by atoms with Crippen LogP contribution in [-0.2, 0) is 16.6 Å². The highest BCUT2D eigenvalue weighted by atomic mass is 16.5. The number of methoxy groups -OCH3 is 1. The number of carbonyl (C=O) groups excluding carboxylic acids is 1. The molecule has 3 atom stereocenters. The SMILES string of the molecule is C=CCN1CC[C@]23CC(=O)CC[C@@]2(O)[C@H]1Cc1cccc(OC)c13. The Morgan fingerprint density at radius 3 is 3.04 bits per heavy atom. The third kappa shape index (κ3) is 1.90. The Labute approximate surface area is 143 Å². The number of hydrogen-bond acceptors (Lipinski definition) is 4. The Morgan fingerprint density at radius 2 is 2.29 bits per heavy atom. The molecule has 1 heterocycles. The Bertz CT molecular complexity index is 700. The van der Waals surface area contributed by atoms with Gasteiger partial charge in [0, 0.05) is 36.4 Å². The Kier molecular flexibility index (Phi) is 3.59. The second kappa shape index (κ2) is 5.43. The van der Waals surface area contributed by atoms with Crippen LogP contribution < -0.4 is 4.74 Å². The lowest BCUT2D eigenvalue weighted by atomic mass is 9.49. The minimum Gasteiger partial charge on any atom is -0.496 e. The van der Waals surface area contributed by atoms with E-state index in [-0.39, 0.29) is 11.8 Å². The molecule has 4 rings (SSSR count). The van der Waals surface area contributed by atoms with Crippen molar-refractivity contribution in [2.24, 2.45) is 0 Å². The summed E-state index contributed by atoms with van der Waals surface area (Å²) in [5, 5.41) is 11.9. The van der Waals surface area contributed by atoms with E-state index in [1.807, 2.05) is 18.2 Å². The first-order valence-corrected chi connectivity index (χ1v) is 8.81. The molecule has 0 unspecified atom stereocenters. The Hall–Kier alpha value is -1.65. The normalized spacial score (nSPS) is 35.1. The fourth-order valence-electron chi connectivity index (χ4n) is 5.51. The molecule has 2 aliphatic carbocycles. The van der Waals surface area contributed by atoms with Crippen molar-refractivity contribution in [3.05, 3.63) is 42.0 Å². The van der Waals surface area contributed by atoms with E-state index in [2.05, 4.69) is 17.5 Å². The molecule has 1 aromatic carbocycles. The van der Waals surface area contributed by atoms with Gasteiger partial charge in [0.2, 0.25) is 0 Å². The average molecular weight is 327 g/mol. The van der Waals surface area contributed by atoms with Gasteiger partial charge in [0.25, 0.3) is 0 Å². The van der Waals surface area contributed by atoms with E-state index < -0.39 is 11.0 Å². The van der Waals surface area contributed by atoms with Crippen molar-refractivity contribution < 1.29 is 14.6 Å². The molecule has 128 valence electrons. The predicted molar refractivity (Wildman–Crippen MR) is 92.4 cm³/mol. The summed E-state index contributed by atoms with van der Waals surface area (Å²) >= 11 is 0. The van der Waals surface area contributed by atoms with Crippen molar-refractivity contribution in [1.82, 2.24) is 4.90 Å². The number of benzene rings is 1. The molecule has 2 fully saturated rings. The van der Waals surface area contributed by atoms with Gasteiger partial charge < -0.3 is 9.84 Å². The molecule has 0 spiro atoms. The molecular formula is C20H25NO3. The molecule has 4 nitrogen and oxygen atoms in total. The summed E-state index contributed by atoms with van der Waals surface area (Å²) < 4.78 is 5.65. The fourth-order valence-corrected chi connectivity index (χ4v) is 5.51. The molecule has 1 saturated heterocycles. The van der Waals surface area contributed by atoms with Crippen molar-refractivity contribution >= 4 is 5.78 Å². The summed E-state index contributed by atoms with van der Waals surface area (Å²) in [5.41, 5.74) is 0.916. The number of hydrogen-bond donors (Lipinski definition) is 1. The molecular weight excluding hydrogens is 302 g/mol. The summed E-state index contributed by atoms with van der Waals surface area (Å²) in [4.78, 5) is 14.7. The minimum absolute atomic E-state index is 0.0388. The van der Waals surface area contributed by atoms with Crippen LogP contribution >= 0.6 is 0 Å². The smallest absolute Gasteiger partial charge is 0.134 e. The fraction of sp³-hybridized carbons (Fsp3) is 0.550. The number of piperidine rings is 1. The standard InChI is InChI=1S/C20H25NO3/c1-3-10-21-11-9-19-13-15(22)7-8-20(19,23)17(21)12-14-5-4-6-16(24-2)18(14)19/h3-6,17,23H,1,7-13H2,2H3/t17-,19-,20-/m1/s1. The van der Waals surface area contributed by atoms with Crippen LogP contribution in [0.15, 0.2) is 30.9 Å². The number of carbonyl (C=O) groups is 1. The molecule has 1 saturated carbocycles. The molecule has 1 aromatic rings. The zero-order chi connectivity index (χ0) is 16.9. The molecule has 24 heavy (non-hydrogen) atoms. The largest absolute Gasteiger partial charge is 0.496 e. The lowest BCUT2D eigenvalue weighted by Gasteiger charge is -2.63. The molecule has 1 aliphatic heterocycles. The van der Waals surface area contributed by atoms with Gasteiger partial charge in [0.05, 0.1) is 12.7 Å². The van der Waals surface area contributed by atoms with Crippen LogP contribution in [0.3, 0.4) is 0 Å².